The minimum absolute atomic E-state index is 0.116. The zero-order valence-electron chi connectivity index (χ0n) is 11.0. The van der Waals surface area contributed by atoms with Crippen LogP contribution in [0.25, 0.3) is 0 Å². The quantitative estimate of drug-likeness (QED) is 0.696. The van der Waals surface area contributed by atoms with Crippen LogP contribution in [0.3, 0.4) is 0 Å². The molecular formula is C15H15N3OS. The molecule has 1 aliphatic rings. The standard InChI is InChI=1S/C15H15N3OS/c19-15(18-17-9-11-5-7-16-8-6-11)13-10-20-14-4-2-1-3-12(13)14/h5-10H,1-4H2,(H,18,19). The Labute approximate surface area is 121 Å². The van der Waals surface area contributed by atoms with Crippen molar-refractivity contribution < 1.29 is 4.79 Å². The molecule has 0 aromatic carbocycles. The Bertz CT molecular complexity index is 634. The Balaban J connectivity index is 1.68. The van der Waals surface area contributed by atoms with Crippen molar-refractivity contribution in [2.75, 3.05) is 0 Å². The monoisotopic (exact) mass is 285 g/mol. The lowest BCUT2D eigenvalue weighted by Gasteiger charge is -2.11. The first-order valence-electron chi connectivity index (χ1n) is 6.67. The number of pyridine rings is 1. The van der Waals surface area contributed by atoms with Gasteiger partial charge in [-0.25, -0.2) is 5.43 Å². The fourth-order valence-corrected chi connectivity index (χ4v) is 3.49. The molecule has 0 atom stereocenters. The number of nitrogens with one attached hydrogen (secondary N) is 1. The molecular weight excluding hydrogens is 270 g/mol. The van der Waals surface area contributed by atoms with E-state index in [0.717, 1.165) is 24.0 Å². The zero-order valence-corrected chi connectivity index (χ0v) is 11.8. The van der Waals surface area contributed by atoms with Crippen molar-refractivity contribution in [1.29, 1.82) is 0 Å². The number of carbonyl (C=O) groups excluding carboxylic acids is 1. The molecule has 2 heterocycles. The van der Waals surface area contributed by atoms with Crippen LogP contribution in [0.15, 0.2) is 35.0 Å². The highest BCUT2D eigenvalue weighted by atomic mass is 32.1. The molecule has 5 heteroatoms. The van der Waals surface area contributed by atoms with Gasteiger partial charge in [0.25, 0.3) is 5.91 Å². The van der Waals surface area contributed by atoms with Gasteiger partial charge >= 0.3 is 0 Å². The van der Waals surface area contributed by atoms with E-state index in [2.05, 4.69) is 15.5 Å². The molecule has 2 aromatic heterocycles. The summed E-state index contributed by atoms with van der Waals surface area (Å²) >= 11 is 1.69. The maximum atomic E-state index is 12.1. The smallest absolute Gasteiger partial charge is 0.267 e. The first-order valence-corrected chi connectivity index (χ1v) is 7.55. The Kier molecular flexibility index (Phi) is 3.87. The lowest BCUT2D eigenvalue weighted by atomic mass is 9.96. The average Bonchev–Trinajstić information content (AvgIpc) is 2.92. The highest BCUT2D eigenvalue weighted by molar-refractivity contribution is 7.10. The summed E-state index contributed by atoms with van der Waals surface area (Å²) in [6.07, 6.45) is 9.53. The van der Waals surface area contributed by atoms with E-state index in [1.165, 1.54) is 23.3 Å². The number of nitrogens with zero attached hydrogens (tertiary/aromatic N) is 2. The summed E-state index contributed by atoms with van der Waals surface area (Å²) in [5.74, 6) is -0.116. The SMILES string of the molecule is O=C(NN=Cc1ccncc1)c1csc2c1CCCC2. The summed E-state index contributed by atoms with van der Waals surface area (Å²) in [6.45, 7) is 0. The Morgan fingerprint density at radius 1 is 1.30 bits per heavy atom. The van der Waals surface area contributed by atoms with Gasteiger partial charge < -0.3 is 0 Å². The fraction of sp³-hybridized carbons (Fsp3) is 0.267. The van der Waals surface area contributed by atoms with Gasteiger partial charge in [-0.2, -0.15) is 5.10 Å². The van der Waals surface area contributed by atoms with Crippen LogP contribution in [0.5, 0.6) is 0 Å². The van der Waals surface area contributed by atoms with Crippen molar-refractivity contribution in [1.82, 2.24) is 10.4 Å². The maximum Gasteiger partial charge on any atom is 0.272 e. The predicted molar refractivity (Wildman–Crippen MR) is 80.3 cm³/mol. The first-order chi connectivity index (χ1) is 9.84. The Hall–Kier alpha value is -2.01. The van der Waals surface area contributed by atoms with Crippen molar-refractivity contribution in [2.24, 2.45) is 5.10 Å². The van der Waals surface area contributed by atoms with Crippen molar-refractivity contribution in [3.63, 3.8) is 0 Å². The molecule has 4 nitrogen and oxygen atoms in total. The van der Waals surface area contributed by atoms with Gasteiger partial charge in [0, 0.05) is 22.7 Å². The predicted octanol–water partition coefficient (Wildman–Crippen LogP) is 2.79. The van der Waals surface area contributed by atoms with Gasteiger partial charge in [-0.15, -0.1) is 11.3 Å². The molecule has 1 amide bonds. The molecule has 2 aromatic rings. The summed E-state index contributed by atoms with van der Waals surface area (Å²) in [5, 5.41) is 5.95. The van der Waals surface area contributed by atoms with E-state index in [1.807, 2.05) is 17.5 Å². The second-order valence-electron chi connectivity index (χ2n) is 4.74. The molecule has 20 heavy (non-hydrogen) atoms. The Morgan fingerprint density at radius 2 is 2.10 bits per heavy atom. The summed E-state index contributed by atoms with van der Waals surface area (Å²) < 4.78 is 0. The van der Waals surface area contributed by atoms with Crippen LogP contribution in [0.2, 0.25) is 0 Å². The lowest BCUT2D eigenvalue weighted by molar-refractivity contribution is 0.0954. The number of rotatable bonds is 3. The van der Waals surface area contributed by atoms with E-state index in [9.17, 15) is 4.79 Å². The molecule has 1 N–H and O–H groups in total. The molecule has 3 rings (SSSR count). The van der Waals surface area contributed by atoms with Gasteiger partial charge in [-0.05, 0) is 48.9 Å². The number of hydrogen-bond acceptors (Lipinski definition) is 4. The molecule has 102 valence electrons. The van der Waals surface area contributed by atoms with Crippen molar-refractivity contribution >= 4 is 23.5 Å². The summed E-state index contributed by atoms with van der Waals surface area (Å²) in [5.41, 5.74) is 5.52. The lowest BCUT2D eigenvalue weighted by Crippen LogP contribution is -2.19. The molecule has 1 aliphatic carbocycles. The molecule has 0 saturated heterocycles. The van der Waals surface area contributed by atoms with E-state index in [0.29, 0.717) is 0 Å². The molecule has 0 saturated carbocycles. The number of fused-ring (bicyclic) bond motifs is 1. The number of carbonyl (C=O) groups is 1. The second-order valence-corrected chi connectivity index (χ2v) is 5.70. The number of thiophene rings is 1. The van der Waals surface area contributed by atoms with Crippen molar-refractivity contribution in [3.8, 4) is 0 Å². The topological polar surface area (TPSA) is 54.4 Å². The number of amides is 1. The number of hydrogen-bond donors (Lipinski definition) is 1. The maximum absolute atomic E-state index is 12.1. The van der Waals surface area contributed by atoms with Crippen LogP contribution >= 0.6 is 11.3 Å². The molecule has 0 bridgehead atoms. The minimum Gasteiger partial charge on any atom is -0.267 e. The fourth-order valence-electron chi connectivity index (χ4n) is 2.36. The van der Waals surface area contributed by atoms with E-state index in [1.54, 1.807) is 29.9 Å². The zero-order chi connectivity index (χ0) is 13.8. The highest BCUT2D eigenvalue weighted by Crippen LogP contribution is 2.30. The molecule has 0 unspecified atom stereocenters. The molecule has 0 spiro atoms. The van der Waals surface area contributed by atoms with Crippen molar-refractivity contribution in [3.05, 3.63) is 51.5 Å². The minimum atomic E-state index is -0.116. The third kappa shape index (κ3) is 2.77. The van der Waals surface area contributed by atoms with E-state index in [-0.39, 0.29) is 5.91 Å². The third-order valence-corrected chi connectivity index (χ3v) is 4.48. The number of aryl methyl sites for hydroxylation is 1. The van der Waals surface area contributed by atoms with E-state index < -0.39 is 0 Å². The average molecular weight is 285 g/mol. The first kappa shape index (κ1) is 13.0. The van der Waals surface area contributed by atoms with E-state index >= 15 is 0 Å². The van der Waals surface area contributed by atoms with Gasteiger partial charge in [0.05, 0.1) is 11.8 Å². The number of hydrazone groups is 1. The normalized spacial score (nSPS) is 14.2. The van der Waals surface area contributed by atoms with Gasteiger partial charge in [-0.1, -0.05) is 0 Å². The highest BCUT2D eigenvalue weighted by Gasteiger charge is 2.19. The second kappa shape index (κ2) is 5.96. The Morgan fingerprint density at radius 3 is 2.95 bits per heavy atom. The van der Waals surface area contributed by atoms with Crippen LogP contribution in [0.4, 0.5) is 0 Å². The van der Waals surface area contributed by atoms with Crippen LogP contribution in [0.1, 0.15) is 39.2 Å². The molecule has 0 aliphatic heterocycles. The summed E-state index contributed by atoms with van der Waals surface area (Å²) in [7, 11) is 0. The van der Waals surface area contributed by atoms with E-state index in [4.69, 9.17) is 0 Å². The van der Waals surface area contributed by atoms with Crippen LogP contribution in [0, 0.1) is 0 Å². The largest absolute Gasteiger partial charge is 0.272 e. The summed E-state index contributed by atoms with van der Waals surface area (Å²) in [4.78, 5) is 17.4. The molecule has 0 radical (unpaired) electrons. The summed E-state index contributed by atoms with van der Waals surface area (Å²) in [6, 6.07) is 3.67. The van der Waals surface area contributed by atoms with Crippen LogP contribution < -0.4 is 5.43 Å². The van der Waals surface area contributed by atoms with Crippen LogP contribution in [-0.2, 0) is 12.8 Å². The van der Waals surface area contributed by atoms with Gasteiger partial charge in [0.2, 0.25) is 0 Å². The number of aromatic nitrogens is 1. The van der Waals surface area contributed by atoms with Crippen LogP contribution in [-0.4, -0.2) is 17.1 Å². The van der Waals surface area contributed by atoms with Gasteiger partial charge in [0.15, 0.2) is 0 Å². The van der Waals surface area contributed by atoms with Gasteiger partial charge in [0.1, 0.15) is 0 Å². The van der Waals surface area contributed by atoms with Gasteiger partial charge in [-0.3, -0.25) is 9.78 Å². The third-order valence-electron chi connectivity index (χ3n) is 3.39. The molecule has 0 fully saturated rings. The van der Waals surface area contributed by atoms with Crippen molar-refractivity contribution in [2.45, 2.75) is 25.7 Å².